The molecule has 0 bridgehead atoms. The molecule has 0 aromatic carbocycles. The quantitative estimate of drug-likeness (QED) is 0.602. The highest BCUT2D eigenvalue weighted by molar-refractivity contribution is 5.05. The van der Waals surface area contributed by atoms with Crippen LogP contribution in [-0.2, 0) is 4.74 Å². The zero-order valence-electron chi connectivity index (χ0n) is 8.51. The lowest BCUT2D eigenvalue weighted by Crippen LogP contribution is -2.50. The fourth-order valence-corrected chi connectivity index (χ4v) is 2.09. The normalized spacial score (nSPS) is 24.7. The van der Waals surface area contributed by atoms with Gasteiger partial charge in [0.15, 0.2) is 0 Å². The van der Waals surface area contributed by atoms with Gasteiger partial charge in [-0.3, -0.25) is 0 Å². The summed E-state index contributed by atoms with van der Waals surface area (Å²) in [6.45, 7) is 6.85. The van der Waals surface area contributed by atoms with E-state index in [1.807, 2.05) is 0 Å². The van der Waals surface area contributed by atoms with Gasteiger partial charge in [-0.05, 0) is 18.3 Å². The maximum absolute atomic E-state index is 4.96. The first-order valence-electron chi connectivity index (χ1n) is 5.27. The maximum atomic E-state index is 4.96. The van der Waals surface area contributed by atoms with Crippen LogP contribution in [0.2, 0.25) is 0 Å². The van der Waals surface area contributed by atoms with Gasteiger partial charge in [-0.2, -0.15) is 0 Å². The molecule has 1 heterocycles. The van der Waals surface area contributed by atoms with E-state index in [1.54, 1.807) is 7.11 Å². The molecule has 3 heteroatoms. The Balaban J connectivity index is 1.41. The van der Waals surface area contributed by atoms with Gasteiger partial charge in [-0.15, -0.1) is 0 Å². The van der Waals surface area contributed by atoms with E-state index >= 15 is 0 Å². The van der Waals surface area contributed by atoms with Gasteiger partial charge in [0, 0.05) is 39.8 Å². The first-order chi connectivity index (χ1) is 6.35. The van der Waals surface area contributed by atoms with Crippen LogP contribution < -0.4 is 5.32 Å². The summed E-state index contributed by atoms with van der Waals surface area (Å²) in [5, 5.41) is 3.37. The minimum Gasteiger partial charge on any atom is -0.383 e. The van der Waals surface area contributed by atoms with E-state index in [9.17, 15) is 0 Å². The average molecular weight is 184 g/mol. The predicted molar refractivity (Wildman–Crippen MR) is 52.9 cm³/mol. The van der Waals surface area contributed by atoms with Crippen molar-refractivity contribution < 1.29 is 4.74 Å². The van der Waals surface area contributed by atoms with Gasteiger partial charge in [0.1, 0.15) is 0 Å². The minimum absolute atomic E-state index is 0.812. The van der Waals surface area contributed by atoms with Crippen molar-refractivity contribution in [2.24, 2.45) is 5.41 Å². The van der Waals surface area contributed by atoms with Crippen molar-refractivity contribution in [1.29, 1.82) is 0 Å². The Morgan fingerprint density at radius 3 is 2.69 bits per heavy atom. The predicted octanol–water partition coefficient (Wildman–Crippen LogP) is 0.318. The van der Waals surface area contributed by atoms with Crippen LogP contribution in [0.25, 0.3) is 0 Å². The molecule has 1 spiro atoms. The van der Waals surface area contributed by atoms with E-state index in [2.05, 4.69) is 10.2 Å². The molecule has 0 radical (unpaired) electrons. The summed E-state index contributed by atoms with van der Waals surface area (Å²) in [5.41, 5.74) is 0.812. The molecule has 0 aromatic heterocycles. The van der Waals surface area contributed by atoms with Gasteiger partial charge in [0.25, 0.3) is 0 Å². The first-order valence-corrected chi connectivity index (χ1v) is 5.27. The van der Waals surface area contributed by atoms with Gasteiger partial charge < -0.3 is 15.0 Å². The molecule has 0 unspecified atom stereocenters. The fraction of sp³-hybridized carbons (Fsp3) is 1.00. The van der Waals surface area contributed by atoms with Gasteiger partial charge in [-0.25, -0.2) is 0 Å². The molecule has 0 amide bonds. The average Bonchev–Trinajstić information content (AvgIpc) is 2.82. The molecular weight excluding hydrogens is 164 g/mol. The molecule has 13 heavy (non-hydrogen) atoms. The Kier molecular flexibility index (Phi) is 2.86. The molecule has 0 aromatic rings. The van der Waals surface area contributed by atoms with Crippen molar-refractivity contribution in [2.45, 2.75) is 12.8 Å². The van der Waals surface area contributed by atoms with Crippen LogP contribution >= 0.6 is 0 Å². The smallest absolute Gasteiger partial charge is 0.0587 e. The second-order valence-corrected chi connectivity index (χ2v) is 4.45. The highest BCUT2D eigenvalue weighted by Gasteiger charge is 2.51. The summed E-state index contributed by atoms with van der Waals surface area (Å²) in [5.74, 6) is 0. The van der Waals surface area contributed by atoms with Crippen LogP contribution in [-0.4, -0.2) is 51.3 Å². The Morgan fingerprint density at radius 2 is 2.08 bits per heavy atom. The van der Waals surface area contributed by atoms with Crippen molar-refractivity contribution in [3.63, 3.8) is 0 Å². The van der Waals surface area contributed by atoms with Crippen LogP contribution in [0.5, 0.6) is 0 Å². The summed E-state index contributed by atoms with van der Waals surface area (Å²) in [7, 11) is 1.74. The molecule has 1 aliphatic heterocycles. The lowest BCUT2D eigenvalue weighted by molar-refractivity contribution is 0.0823. The Morgan fingerprint density at radius 1 is 1.31 bits per heavy atom. The second kappa shape index (κ2) is 3.95. The largest absolute Gasteiger partial charge is 0.383 e. The number of nitrogens with zero attached hydrogens (tertiary/aromatic N) is 1. The molecule has 1 saturated carbocycles. The van der Waals surface area contributed by atoms with E-state index < -0.39 is 0 Å². The first kappa shape index (κ1) is 9.44. The van der Waals surface area contributed by atoms with E-state index in [1.165, 1.54) is 32.5 Å². The van der Waals surface area contributed by atoms with Gasteiger partial charge >= 0.3 is 0 Å². The summed E-state index contributed by atoms with van der Waals surface area (Å²) in [4.78, 5) is 2.55. The van der Waals surface area contributed by atoms with Crippen LogP contribution in [0.3, 0.4) is 0 Å². The third-order valence-electron chi connectivity index (χ3n) is 3.16. The summed E-state index contributed by atoms with van der Waals surface area (Å²) in [6.07, 6.45) is 2.97. The fourth-order valence-electron chi connectivity index (χ4n) is 2.09. The molecule has 2 rings (SSSR count). The molecule has 1 aliphatic carbocycles. The Labute approximate surface area is 80.4 Å². The number of nitrogens with one attached hydrogen (secondary N) is 1. The highest BCUT2D eigenvalue weighted by atomic mass is 16.5. The number of ether oxygens (including phenoxy) is 1. The molecule has 3 nitrogen and oxygen atoms in total. The van der Waals surface area contributed by atoms with E-state index in [0.717, 1.165) is 25.1 Å². The van der Waals surface area contributed by atoms with Crippen LogP contribution in [0.15, 0.2) is 0 Å². The molecule has 1 N–H and O–H groups in total. The summed E-state index contributed by atoms with van der Waals surface area (Å²) >= 11 is 0. The van der Waals surface area contributed by atoms with Crippen LogP contribution in [0, 0.1) is 5.41 Å². The number of rotatable bonds is 6. The summed E-state index contributed by atoms with van der Waals surface area (Å²) in [6, 6.07) is 0. The number of methoxy groups -OCH3 is 1. The lowest BCUT2D eigenvalue weighted by atomic mass is 9.97. The third-order valence-corrected chi connectivity index (χ3v) is 3.16. The van der Waals surface area contributed by atoms with Crippen molar-refractivity contribution >= 4 is 0 Å². The zero-order valence-corrected chi connectivity index (χ0v) is 8.51. The monoisotopic (exact) mass is 184 g/mol. The topological polar surface area (TPSA) is 24.5 Å². The molecule has 0 atom stereocenters. The van der Waals surface area contributed by atoms with Crippen LogP contribution in [0.1, 0.15) is 12.8 Å². The van der Waals surface area contributed by atoms with E-state index in [0.29, 0.717) is 0 Å². The minimum atomic E-state index is 0.812. The van der Waals surface area contributed by atoms with Crippen molar-refractivity contribution in [1.82, 2.24) is 10.2 Å². The maximum Gasteiger partial charge on any atom is 0.0587 e. The van der Waals surface area contributed by atoms with E-state index in [4.69, 9.17) is 4.74 Å². The summed E-state index contributed by atoms with van der Waals surface area (Å²) < 4.78 is 4.96. The molecule has 2 aliphatic rings. The number of hydrogen-bond acceptors (Lipinski definition) is 3. The zero-order chi connectivity index (χ0) is 9.15. The number of hydrogen-bond donors (Lipinski definition) is 1. The van der Waals surface area contributed by atoms with Gasteiger partial charge in [-0.1, -0.05) is 0 Å². The third kappa shape index (κ3) is 2.42. The van der Waals surface area contributed by atoms with Crippen molar-refractivity contribution in [3.8, 4) is 0 Å². The molecule has 1 saturated heterocycles. The number of likely N-dealkylation sites (tertiary alicyclic amines) is 1. The Bertz CT molecular complexity index is 160. The molecule has 76 valence electrons. The second-order valence-electron chi connectivity index (χ2n) is 4.45. The highest BCUT2D eigenvalue weighted by Crippen LogP contribution is 2.52. The van der Waals surface area contributed by atoms with Gasteiger partial charge in [0.2, 0.25) is 0 Å². The Hall–Kier alpha value is -0.120. The van der Waals surface area contributed by atoms with Crippen molar-refractivity contribution in [2.75, 3.05) is 46.4 Å². The van der Waals surface area contributed by atoms with Crippen LogP contribution in [0.4, 0.5) is 0 Å². The van der Waals surface area contributed by atoms with Crippen molar-refractivity contribution in [3.05, 3.63) is 0 Å². The molecular formula is C10H20N2O. The molecule has 2 fully saturated rings. The van der Waals surface area contributed by atoms with E-state index in [-0.39, 0.29) is 0 Å². The van der Waals surface area contributed by atoms with Gasteiger partial charge in [0.05, 0.1) is 6.61 Å². The lowest BCUT2D eigenvalue weighted by Gasteiger charge is -2.40. The SMILES string of the molecule is COCCNCCN1CC2(CC2)C1. The standard InChI is InChI=1S/C10H20N2O/c1-13-7-5-11-4-6-12-8-10(9-12)2-3-10/h11H,2-9H2,1H3.